The molecule has 1 saturated carbocycles. The Morgan fingerprint density at radius 1 is 1.17 bits per heavy atom. The van der Waals surface area contributed by atoms with E-state index in [0.717, 1.165) is 12.0 Å². The van der Waals surface area contributed by atoms with E-state index in [0.29, 0.717) is 5.41 Å². The summed E-state index contributed by atoms with van der Waals surface area (Å²) in [6, 6.07) is 0.929. The number of piperidine rings is 1. The van der Waals surface area contributed by atoms with E-state index in [-0.39, 0.29) is 0 Å². The van der Waals surface area contributed by atoms with E-state index in [4.69, 9.17) is 0 Å². The van der Waals surface area contributed by atoms with Gasteiger partial charge in [0.2, 0.25) is 0 Å². The zero-order chi connectivity index (χ0) is 13.0. The van der Waals surface area contributed by atoms with Gasteiger partial charge in [-0.2, -0.15) is 0 Å². The van der Waals surface area contributed by atoms with Gasteiger partial charge in [0.25, 0.3) is 0 Å². The third kappa shape index (κ3) is 3.08. The lowest BCUT2D eigenvalue weighted by Crippen LogP contribution is -2.46. The smallest absolute Gasteiger partial charge is 0.00988 e. The first kappa shape index (κ1) is 14.3. The molecule has 1 aliphatic carbocycles. The maximum Gasteiger partial charge on any atom is 0.00988 e. The molecule has 2 atom stereocenters. The monoisotopic (exact) mass is 252 g/mol. The van der Waals surface area contributed by atoms with Crippen LogP contribution in [-0.2, 0) is 0 Å². The third-order valence-electron chi connectivity index (χ3n) is 5.49. The standard InChI is InChI=1S/C16H32N2/c1-4-9-17-12-16(5-2,6-3)13-18-11-14-7-8-15(18)10-14/h14-15,17H,4-13H2,1-3H3. The van der Waals surface area contributed by atoms with Crippen LogP contribution in [0.1, 0.15) is 59.3 Å². The molecule has 0 spiro atoms. The molecule has 0 amide bonds. The van der Waals surface area contributed by atoms with E-state index in [1.807, 2.05) is 0 Å². The van der Waals surface area contributed by atoms with Crippen molar-refractivity contribution in [1.29, 1.82) is 0 Å². The number of hydrogen-bond donors (Lipinski definition) is 1. The molecule has 2 bridgehead atoms. The second-order valence-corrected chi connectivity index (χ2v) is 6.65. The first-order chi connectivity index (χ1) is 8.73. The zero-order valence-corrected chi connectivity index (χ0v) is 12.7. The van der Waals surface area contributed by atoms with Gasteiger partial charge in [0.15, 0.2) is 0 Å². The molecule has 2 unspecified atom stereocenters. The maximum absolute atomic E-state index is 3.67. The number of rotatable bonds is 8. The second-order valence-electron chi connectivity index (χ2n) is 6.65. The Balaban J connectivity index is 1.88. The van der Waals surface area contributed by atoms with Crippen LogP contribution in [-0.4, -0.2) is 37.1 Å². The fourth-order valence-corrected chi connectivity index (χ4v) is 3.96. The molecule has 2 rings (SSSR count). The molecular formula is C16H32N2. The van der Waals surface area contributed by atoms with Gasteiger partial charge in [0.05, 0.1) is 0 Å². The van der Waals surface area contributed by atoms with E-state index in [9.17, 15) is 0 Å². The van der Waals surface area contributed by atoms with Crippen LogP contribution in [0.3, 0.4) is 0 Å². The van der Waals surface area contributed by atoms with Gasteiger partial charge >= 0.3 is 0 Å². The summed E-state index contributed by atoms with van der Waals surface area (Å²) in [4.78, 5) is 2.81. The highest BCUT2D eigenvalue weighted by Gasteiger charge is 2.40. The quantitative estimate of drug-likeness (QED) is 0.667. The normalized spacial score (nSPS) is 28.2. The molecule has 2 heteroatoms. The highest BCUT2D eigenvalue weighted by atomic mass is 15.2. The van der Waals surface area contributed by atoms with Gasteiger partial charge in [0.1, 0.15) is 0 Å². The van der Waals surface area contributed by atoms with Crippen molar-refractivity contribution in [2.75, 3.05) is 26.2 Å². The highest BCUT2D eigenvalue weighted by Crippen LogP contribution is 2.40. The molecule has 106 valence electrons. The molecule has 0 aromatic rings. The summed E-state index contributed by atoms with van der Waals surface area (Å²) < 4.78 is 0. The maximum atomic E-state index is 3.67. The Kier molecular flexibility index (Phi) is 5.08. The molecule has 18 heavy (non-hydrogen) atoms. The van der Waals surface area contributed by atoms with Gasteiger partial charge in [-0.25, -0.2) is 0 Å². The predicted molar refractivity (Wildman–Crippen MR) is 78.9 cm³/mol. The van der Waals surface area contributed by atoms with Crippen LogP contribution in [0.4, 0.5) is 0 Å². The van der Waals surface area contributed by atoms with Gasteiger partial charge < -0.3 is 5.32 Å². The van der Waals surface area contributed by atoms with Crippen molar-refractivity contribution < 1.29 is 0 Å². The van der Waals surface area contributed by atoms with Crippen molar-refractivity contribution in [3.63, 3.8) is 0 Å². The molecule has 0 radical (unpaired) electrons. The van der Waals surface area contributed by atoms with Gasteiger partial charge in [-0.15, -0.1) is 0 Å². The van der Waals surface area contributed by atoms with Gasteiger partial charge in [-0.05, 0) is 56.4 Å². The lowest BCUT2D eigenvalue weighted by molar-refractivity contribution is 0.108. The molecule has 1 aliphatic heterocycles. The van der Waals surface area contributed by atoms with Crippen LogP contribution in [0.2, 0.25) is 0 Å². The molecule has 0 aromatic carbocycles. The van der Waals surface area contributed by atoms with E-state index in [1.54, 1.807) is 0 Å². The molecule has 1 heterocycles. The Hall–Kier alpha value is -0.0800. The van der Waals surface area contributed by atoms with Crippen molar-refractivity contribution >= 4 is 0 Å². The number of likely N-dealkylation sites (tertiary alicyclic amines) is 1. The molecule has 0 aromatic heterocycles. The molecule has 1 N–H and O–H groups in total. The highest BCUT2D eigenvalue weighted by molar-refractivity contribution is 4.95. The van der Waals surface area contributed by atoms with Gasteiger partial charge in [0, 0.05) is 25.7 Å². The Morgan fingerprint density at radius 3 is 2.44 bits per heavy atom. The molecule has 2 nitrogen and oxygen atoms in total. The van der Waals surface area contributed by atoms with Crippen molar-refractivity contribution in [2.24, 2.45) is 11.3 Å². The topological polar surface area (TPSA) is 15.3 Å². The van der Waals surface area contributed by atoms with Gasteiger partial charge in [-0.1, -0.05) is 20.8 Å². The van der Waals surface area contributed by atoms with E-state index in [1.165, 1.54) is 64.7 Å². The Labute approximate surface area is 114 Å². The van der Waals surface area contributed by atoms with Gasteiger partial charge in [-0.3, -0.25) is 4.90 Å². The summed E-state index contributed by atoms with van der Waals surface area (Å²) in [7, 11) is 0. The van der Waals surface area contributed by atoms with Crippen LogP contribution in [0.5, 0.6) is 0 Å². The fraction of sp³-hybridized carbons (Fsp3) is 1.00. The van der Waals surface area contributed by atoms with Crippen LogP contribution >= 0.6 is 0 Å². The number of hydrogen-bond acceptors (Lipinski definition) is 2. The Morgan fingerprint density at radius 2 is 1.94 bits per heavy atom. The van der Waals surface area contributed by atoms with Crippen molar-refractivity contribution in [2.45, 2.75) is 65.3 Å². The summed E-state index contributed by atoms with van der Waals surface area (Å²) in [5.41, 5.74) is 0.514. The average Bonchev–Trinajstić information content (AvgIpc) is 3.00. The first-order valence-electron chi connectivity index (χ1n) is 8.17. The molecule has 2 fully saturated rings. The molecule has 1 saturated heterocycles. The summed E-state index contributed by atoms with van der Waals surface area (Å²) in [6.07, 6.45) is 8.34. The molecular weight excluding hydrogens is 220 g/mol. The lowest BCUT2D eigenvalue weighted by atomic mass is 9.81. The molecule has 2 aliphatic rings. The number of nitrogens with zero attached hydrogens (tertiary/aromatic N) is 1. The minimum atomic E-state index is 0.514. The van der Waals surface area contributed by atoms with Crippen LogP contribution in [0.25, 0.3) is 0 Å². The van der Waals surface area contributed by atoms with E-state index in [2.05, 4.69) is 31.0 Å². The summed E-state index contributed by atoms with van der Waals surface area (Å²) >= 11 is 0. The largest absolute Gasteiger partial charge is 0.316 e. The van der Waals surface area contributed by atoms with Crippen LogP contribution in [0, 0.1) is 11.3 Å². The predicted octanol–water partition coefficient (Wildman–Crippen LogP) is 3.28. The van der Waals surface area contributed by atoms with Crippen molar-refractivity contribution in [3.05, 3.63) is 0 Å². The number of fused-ring (bicyclic) bond motifs is 2. The third-order valence-corrected chi connectivity index (χ3v) is 5.49. The van der Waals surface area contributed by atoms with Crippen LogP contribution in [0.15, 0.2) is 0 Å². The fourth-order valence-electron chi connectivity index (χ4n) is 3.96. The number of nitrogens with one attached hydrogen (secondary N) is 1. The Bertz CT molecular complexity index is 247. The lowest BCUT2D eigenvalue weighted by Gasteiger charge is -2.39. The summed E-state index contributed by atoms with van der Waals surface area (Å²) in [6.45, 7) is 12.1. The first-order valence-corrected chi connectivity index (χ1v) is 8.17. The summed E-state index contributed by atoms with van der Waals surface area (Å²) in [5.74, 6) is 1.03. The second kappa shape index (κ2) is 6.38. The SMILES string of the molecule is CCCNCC(CC)(CC)CN1CC2CCC1C2. The van der Waals surface area contributed by atoms with E-state index < -0.39 is 0 Å². The average molecular weight is 252 g/mol. The van der Waals surface area contributed by atoms with Crippen molar-refractivity contribution in [1.82, 2.24) is 10.2 Å². The zero-order valence-electron chi connectivity index (χ0n) is 12.7. The van der Waals surface area contributed by atoms with Crippen LogP contribution < -0.4 is 5.32 Å². The van der Waals surface area contributed by atoms with E-state index >= 15 is 0 Å². The minimum Gasteiger partial charge on any atom is -0.316 e. The minimum absolute atomic E-state index is 0.514. The summed E-state index contributed by atoms with van der Waals surface area (Å²) in [5, 5.41) is 3.67. The van der Waals surface area contributed by atoms with Crippen molar-refractivity contribution in [3.8, 4) is 0 Å².